The van der Waals surface area contributed by atoms with E-state index in [4.69, 9.17) is 9.15 Å². The number of carbonyl (C=O) groups is 1. The smallest absolute Gasteiger partial charge is 0.338 e. The monoisotopic (exact) mass is 343 g/mol. The summed E-state index contributed by atoms with van der Waals surface area (Å²) in [6.07, 6.45) is 5.24. The van der Waals surface area contributed by atoms with Gasteiger partial charge in [-0.15, -0.1) is 0 Å². The van der Waals surface area contributed by atoms with Crippen molar-refractivity contribution < 1.29 is 13.9 Å². The molecular weight excluding hydrogens is 322 g/mol. The minimum absolute atomic E-state index is 0.0178. The van der Waals surface area contributed by atoms with Crippen LogP contribution in [0.1, 0.15) is 56.6 Å². The third-order valence-corrected chi connectivity index (χ3v) is 4.79. The zero-order valence-corrected chi connectivity index (χ0v) is 14.4. The molecule has 8 nitrogen and oxygen atoms in total. The van der Waals surface area contributed by atoms with Crippen LogP contribution in [-0.4, -0.2) is 32.3 Å². The van der Waals surface area contributed by atoms with Crippen LogP contribution in [-0.2, 0) is 9.53 Å². The molecule has 1 fully saturated rings. The molecule has 0 aromatic carbocycles. The van der Waals surface area contributed by atoms with E-state index < -0.39 is 6.04 Å². The molecule has 1 aliphatic heterocycles. The summed E-state index contributed by atoms with van der Waals surface area (Å²) < 4.78 is 13.1. The third-order valence-electron chi connectivity index (χ3n) is 4.79. The number of rotatable bonds is 3. The van der Waals surface area contributed by atoms with E-state index in [0.29, 0.717) is 23.0 Å². The molecule has 0 spiro atoms. The second kappa shape index (κ2) is 6.34. The summed E-state index contributed by atoms with van der Waals surface area (Å²) in [5.41, 5.74) is 1.17. The van der Waals surface area contributed by atoms with Crippen LogP contribution >= 0.6 is 0 Å². The highest BCUT2D eigenvalue weighted by atomic mass is 16.5. The molecule has 2 aliphatic rings. The minimum atomic E-state index is -0.531. The normalized spacial score (nSPS) is 21.0. The van der Waals surface area contributed by atoms with Crippen molar-refractivity contribution >= 4 is 11.9 Å². The van der Waals surface area contributed by atoms with Crippen molar-refractivity contribution in [1.82, 2.24) is 20.2 Å². The van der Waals surface area contributed by atoms with Gasteiger partial charge in [-0.3, -0.25) is 0 Å². The van der Waals surface area contributed by atoms with Crippen LogP contribution in [0, 0.1) is 6.92 Å². The van der Waals surface area contributed by atoms with Crippen LogP contribution in [0.4, 0.5) is 5.95 Å². The van der Waals surface area contributed by atoms with Gasteiger partial charge in [-0.1, -0.05) is 11.5 Å². The zero-order chi connectivity index (χ0) is 17.4. The molecule has 2 aromatic rings. The molecule has 25 heavy (non-hydrogen) atoms. The fraction of sp³-hybridized carbons (Fsp3) is 0.529. The van der Waals surface area contributed by atoms with E-state index in [9.17, 15) is 4.79 Å². The highest BCUT2D eigenvalue weighted by molar-refractivity contribution is 5.92. The number of hydrogen-bond acceptors (Lipinski definition) is 7. The fourth-order valence-corrected chi connectivity index (χ4v) is 3.54. The Bertz CT molecular complexity index is 816. The first-order valence-electron chi connectivity index (χ1n) is 8.66. The lowest BCUT2D eigenvalue weighted by Crippen LogP contribution is -2.31. The molecule has 0 saturated heterocycles. The molecule has 2 aromatic heterocycles. The van der Waals surface area contributed by atoms with Crippen LogP contribution in [0.2, 0.25) is 0 Å². The maximum absolute atomic E-state index is 13.0. The van der Waals surface area contributed by atoms with E-state index in [1.54, 1.807) is 4.68 Å². The number of esters is 1. The lowest BCUT2D eigenvalue weighted by atomic mass is 9.97. The fourth-order valence-electron chi connectivity index (χ4n) is 3.54. The van der Waals surface area contributed by atoms with E-state index in [1.807, 2.05) is 26.0 Å². The van der Waals surface area contributed by atoms with Crippen LogP contribution in [0.25, 0.3) is 0 Å². The third kappa shape index (κ3) is 2.92. The van der Waals surface area contributed by atoms with Crippen molar-refractivity contribution in [1.29, 1.82) is 0 Å². The number of furan rings is 1. The predicted octanol–water partition coefficient (Wildman–Crippen LogP) is 2.74. The van der Waals surface area contributed by atoms with Gasteiger partial charge in [0.15, 0.2) is 0 Å². The standard InChI is InChI=1S/C17H21N5O3/c1-10-8-9-13(24-10)15-14(11(2)18-17-19-20-21-22(15)17)16(23)25-12-6-4-3-5-7-12/h8-9,12,15H,3-7H2,1-2H3,(H,18,19,21)/t15-/m1/s1. The molecule has 1 aliphatic carbocycles. The largest absolute Gasteiger partial charge is 0.464 e. The number of nitrogens with zero attached hydrogens (tertiary/aromatic N) is 4. The Morgan fingerprint density at radius 3 is 2.80 bits per heavy atom. The van der Waals surface area contributed by atoms with Crippen LogP contribution in [0.5, 0.6) is 0 Å². The first-order chi connectivity index (χ1) is 12.1. The van der Waals surface area contributed by atoms with Gasteiger partial charge in [0, 0.05) is 5.70 Å². The van der Waals surface area contributed by atoms with E-state index in [0.717, 1.165) is 31.4 Å². The lowest BCUT2D eigenvalue weighted by molar-refractivity contribution is -0.146. The molecule has 4 rings (SSSR count). The molecule has 132 valence electrons. The number of ether oxygens (including phenoxy) is 1. The van der Waals surface area contributed by atoms with Gasteiger partial charge in [0.2, 0.25) is 5.95 Å². The number of carbonyl (C=O) groups excluding carboxylic acids is 1. The van der Waals surface area contributed by atoms with Gasteiger partial charge in [-0.2, -0.15) is 4.68 Å². The summed E-state index contributed by atoms with van der Waals surface area (Å²) in [6.45, 7) is 3.69. The van der Waals surface area contributed by atoms with E-state index in [-0.39, 0.29) is 12.1 Å². The topological polar surface area (TPSA) is 95.1 Å². The Morgan fingerprint density at radius 1 is 1.28 bits per heavy atom. The van der Waals surface area contributed by atoms with Crippen molar-refractivity contribution in [3.8, 4) is 0 Å². The van der Waals surface area contributed by atoms with Gasteiger partial charge in [-0.25, -0.2) is 4.79 Å². The lowest BCUT2D eigenvalue weighted by Gasteiger charge is -2.28. The number of aromatic nitrogens is 4. The highest BCUT2D eigenvalue weighted by Gasteiger charge is 2.37. The van der Waals surface area contributed by atoms with Crippen LogP contribution in [0.15, 0.2) is 27.8 Å². The Labute approximate surface area is 145 Å². The molecule has 0 unspecified atom stereocenters. The second-order valence-electron chi connectivity index (χ2n) is 6.63. The summed E-state index contributed by atoms with van der Waals surface area (Å²) in [4.78, 5) is 13.0. The van der Waals surface area contributed by atoms with Gasteiger partial charge < -0.3 is 14.5 Å². The van der Waals surface area contributed by atoms with Gasteiger partial charge in [0.25, 0.3) is 0 Å². The predicted molar refractivity (Wildman–Crippen MR) is 88.7 cm³/mol. The number of fused-ring (bicyclic) bond motifs is 1. The van der Waals surface area contributed by atoms with Gasteiger partial charge in [-0.05, 0) is 62.1 Å². The number of anilines is 1. The van der Waals surface area contributed by atoms with Crippen molar-refractivity contribution in [3.05, 3.63) is 34.9 Å². The van der Waals surface area contributed by atoms with Crippen molar-refractivity contribution in [2.75, 3.05) is 5.32 Å². The van der Waals surface area contributed by atoms with E-state index in [1.165, 1.54) is 6.42 Å². The summed E-state index contributed by atoms with van der Waals surface area (Å²) in [5.74, 6) is 1.52. The molecular formula is C17H21N5O3. The Morgan fingerprint density at radius 2 is 2.08 bits per heavy atom. The second-order valence-corrected chi connectivity index (χ2v) is 6.63. The molecule has 0 bridgehead atoms. The average Bonchev–Trinajstić information content (AvgIpc) is 3.23. The van der Waals surface area contributed by atoms with Crippen LogP contribution in [0.3, 0.4) is 0 Å². The number of hydrogen-bond donors (Lipinski definition) is 1. The number of allylic oxidation sites excluding steroid dienone is 1. The molecule has 1 atom stereocenters. The van der Waals surface area contributed by atoms with Gasteiger partial charge in [0.05, 0.1) is 5.57 Å². The number of tetrazole rings is 1. The summed E-state index contributed by atoms with van der Waals surface area (Å²) in [6, 6.07) is 3.18. The van der Waals surface area contributed by atoms with E-state index >= 15 is 0 Å². The molecule has 1 saturated carbocycles. The average molecular weight is 343 g/mol. The minimum Gasteiger partial charge on any atom is -0.464 e. The van der Waals surface area contributed by atoms with Crippen molar-refractivity contribution in [2.45, 2.75) is 58.1 Å². The molecule has 1 N–H and O–H groups in total. The van der Waals surface area contributed by atoms with Gasteiger partial charge in [0.1, 0.15) is 23.7 Å². The maximum atomic E-state index is 13.0. The Hall–Kier alpha value is -2.64. The first-order valence-corrected chi connectivity index (χ1v) is 8.66. The van der Waals surface area contributed by atoms with Crippen molar-refractivity contribution in [2.24, 2.45) is 0 Å². The zero-order valence-electron chi connectivity index (χ0n) is 14.4. The summed E-state index contributed by atoms with van der Waals surface area (Å²) in [7, 11) is 0. The number of aryl methyl sites for hydroxylation is 1. The number of nitrogens with one attached hydrogen (secondary N) is 1. The first kappa shape index (κ1) is 15.9. The highest BCUT2D eigenvalue weighted by Crippen LogP contribution is 2.36. The molecule has 8 heteroatoms. The van der Waals surface area contributed by atoms with Gasteiger partial charge >= 0.3 is 5.97 Å². The maximum Gasteiger partial charge on any atom is 0.338 e. The Kier molecular flexibility index (Phi) is 4.03. The Balaban J connectivity index is 1.68. The molecule has 0 radical (unpaired) electrons. The SMILES string of the molecule is CC1=C(C(=O)OC2CCCCC2)[C@@H](c2ccc(C)o2)n2nnnc2N1. The summed E-state index contributed by atoms with van der Waals surface area (Å²) >= 11 is 0. The summed E-state index contributed by atoms with van der Waals surface area (Å²) in [5, 5.41) is 14.8. The molecule has 3 heterocycles. The van der Waals surface area contributed by atoms with Crippen molar-refractivity contribution in [3.63, 3.8) is 0 Å². The van der Waals surface area contributed by atoms with E-state index in [2.05, 4.69) is 20.8 Å². The molecule has 0 amide bonds. The quantitative estimate of drug-likeness (QED) is 0.856. The van der Waals surface area contributed by atoms with Crippen LogP contribution < -0.4 is 5.32 Å².